The van der Waals surface area contributed by atoms with Crippen LogP contribution in [0, 0.1) is 0 Å². The third-order valence-corrected chi connectivity index (χ3v) is 6.58. The van der Waals surface area contributed by atoms with Crippen LogP contribution in [0.2, 0.25) is 0 Å². The summed E-state index contributed by atoms with van der Waals surface area (Å²) >= 11 is 0.702. The van der Waals surface area contributed by atoms with Crippen molar-refractivity contribution in [3.63, 3.8) is 0 Å². The Morgan fingerprint density at radius 1 is 0.897 bits per heavy atom. The maximum Gasteiger partial charge on any atom is 0.416 e. The number of carbonyl (C=O) groups excluding carboxylic acids is 4. The lowest BCUT2D eigenvalue weighted by molar-refractivity contribution is -0.143. The average Bonchev–Trinajstić information content (AvgIpc) is 3.37. The Hall–Kier alpha value is -4.20. The summed E-state index contributed by atoms with van der Waals surface area (Å²) in [6, 6.07) is 7.67. The zero-order valence-electron chi connectivity index (χ0n) is 19.7. The zero-order valence-corrected chi connectivity index (χ0v) is 20.5. The number of alkyl halides is 6. The molecule has 39 heavy (non-hydrogen) atoms. The van der Waals surface area contributed by atoms with E-state index >= 15 is 0 Å². The van der Waals surface area contributed by atoms with Crippen LogP contribution in [0.15, 0.2) is 48.5 Å². The monoisotopic (exact) mass is 570 g/mol. The summed E-state index contributed by atoms with van der Waals surface area (Å²) in [4.78, 5) is 51.8. The minimum Gasteiger partial charge on any atom is -0.462 e. The van der Waals surface area contributed by atoms with Gasteiger partial charge in [0.2, 0.25) is 0 Å². The van der Waals surface area contributed by atoms with Crippen molar-refractivity contribution in [1.82, 2.24) is 4.90 Å². The number of benzene rings is 2. The van der Waals surface area contributed by atoms with Crippen LogP contribution in [0.1, 0.15) is 64.4 Å². The first-order valence-electron chi connectivity index (χ1n) is 11.1. The van der Waals surface area contributed by atoms with Gasteiger partial charge in [-0.2, -0.15) is 26.3 Å². The van der Waals surface area contributed by atoms with Gasteiger partial charge < -0.3 is 10.1 Å². The van der Waals surface area contributed by atoms with E-state index in [4.69, 9.17) is 4.74 Å². The predicted octanol–water partition coefficient (Wildman–Crippen LogP) is 6.01. The number of halogens is 6. The molecule has 1 aromatic heterocycles. The van der Waals surface area contributed by atoms with E-state index in [-0.39, 0.29) is 57.9 Å². The number of amides is 3. The minimum atomic E-state index is -5.17. The highest BCUT2D eigenvalue weighted by atomic mass is 32.1. The van der Waals surface area contributed by atoms with Crippen molar-refractivity contribution < 1.29 is 50.3 Å². The van der Waals surface area contributed by atoms with Crippen LogP contribution < -0.4 is 5.32 Å². The number of hydrogen-bond acceptors (Lipinski definition) is 6. The smallest absolute Gasteiger partial charge is 0.416 e. The van der Waals surface area contributed by atoms with Crippen LogP contribution in [-0.4, -0.2) is 35.2 Å². The van der Waals surface area contributed by atoms with Crippen molar-refractivity contribution in [1.29, 1.82) is 0 Å². The summed E-state index contributed by atoms with van der Waals surface area (Å²) in [6.45, 7) is 1.09. The Balaban J connectivity index is 1.67. The van der Waals surface area contributed by atoms with Crippen LogP contribution in [-0.2, 0) is 23.6 Å². The second kappa shape index (κ2) is 10.2. The van der Waals surface area contributed by atoms with E-state index in [0.717, 1.165) is 4.90 Å². The average molecular weight is 570 g/mol. The van der Waals surface area contributed by atoms with Gasteiger partial charge in [0.25, 0.3) is 17.7 Å². The number of nitrogens with one attached hydrogen (secondary N) is 1. The predicted molar refractivity (Wildman–Crippen MR) is 125 cm³/mol. The van der Waals surface area contributed by atoms with Crippen LogP contribution in [0.3, 0.4) is 0 Å². The van der Waals surface area contributed by atoms with Gasteiger partial charge in [-0.25, -0.2) is 4.79 Å². The molecule has 3 aromatic rings. The molecule has 0 saturated carbocycles. The second-order valence-electron chi connectivity index (χ2n) is 8.17. The number of ether oxygens (including phenoxy) is 1. The summed E-state index contributed by atoms with van der Waals surface area (Å²) in [5.74, 6) is -3.50. The molecule has 0 bridgehead atoms. The second-order valence-corrected chi connectivity index (χ2v) is 9.30. The molecule has 2 aromatic carbocycles. The number of imide groups is 1. The van der Waals surface area contributed by atoms with Gasteiger partial charge in [0.05, 0.1) is 41.0 Å². The van der Waals surface area contributed by atoms with Crippen molar-refractivity contribution in [3.05, 3.63) is 86.8 Å². The van der Waals surface area contributed by atoms with Gasteiger partial charge in [-0.3, -0.25) is 19.3 Å². The summed E-state index contributed by atoms with van der Waals surface area (Å²) < 4.78 is 84.3. The molecule has 3 amide bonds. The molecular formula is C25H16F6N2O5S. The first-order valence-corrected chi connectivity index (χ1v) is 11.9. The molecule has 204 valence electrons. The standard InChI is InChI=1S/C25H16F6N2O5S/c1-2-38-23(37)18-10-15(11-33-21(35)16-5-3-4-6-17(16)22(33)36)39-20(18)32-19(34)12-7-13(24(26,27)28)9-14(8-12)25(29,30)31/h3-10H,2,11H2,1H3,(H,32,34). The number of esters is 1. The maximum atomic E-state index is 13.2. The highest BCUT2D eigenvalue weighted by Crippen LogP contribution is 2.37. The fourth-order valence-corrected chi connectivity index (χ4v) is 4.80. The van der Waals surface area contributed by atoms with Crippen molar-refractivity contribution >= 4 is 40.0 Å². The maximum absolute atomic E-state index is 13.2. The van der Waals surface area contributed by atoms with E-state index in [1.165, 1.54) is 25.1 Å². The summed E-state index contributed by atoms with van der Waals surface area (Å²) in [5.41, 5.74) is -4.25. The Labute approximate surface area is 220 Å². The number of anilines is 1. The molecule has 0 atom stereocenters. The van der Waals surface area contributed by atoms with E-state index in [2.05, 4.69) is 5.32 Å². The molecule has 0 radical (unpaired) electrons. The quantitative estimate of drug-likeness (QED) is 0.223. The minimum absolute atomic E-state index is 0.0849. The van der Waals surface area contributed by atoms with Crippen LogP contribution in [0.25, 0.3) is 0 Å². The number of rotatable bonds is 6. The van der Waals surface area contributed by atoms with Crippen LogP contribution in [0.5, 0.6) is 0 Å². The largest absolute Gasteiger partial charge is 0.462 e. The zero-order chi connectivity index (χ0) is 28.7. The Morgan fingerprint density at radius 2 is 1.44 bits per heavy atom. The van der Waals surface area contributed by atoms with Crippen molar-refractivity contribution in [2.24, 2.45) is 0 Å². The SMILES string of the molecule is CCOC(=O)c1cc(CN2C(=O)c3ccccc3C2=O)sc1NC(=O)c1cc(C(F)(F)F)cc(C(F)(F)F)c1. The third kappa shape index (κ3) is 5.65. The molecule has 1 N–H and O–H groups in total. The molecule has 0 saturated heterocycles. The number of nitrogens with zero attached hydrogens (tertiary/aromatic N) is 1. The normalized spacial score (nSPS) is 13.5. The van der Waals surface area contributed by atoms with Crippen molar-refractivity contribution in [2.45, 2.75) is 25.8 Å². The lowest BCUT2D eigenvalue weighted by Crippen LogP contribution is -2.28. The van der Waals surface area contributed by atoms with Crippen LogP contribution in [0.4, 0.5) is 31.3 Å². The van der Waals surface area contributed by atoms with Gasteiger partial charge in [-0.1, -0.05) is 12.1 Å². The third-order valence-electron chi connectivity index (χ3n) is 5.55. The fourth-order valence-electron chi connectivity index (χ4n) is 3.77. The Morgan fingerprint density at radius 3 is 1.92 bits per heavy atom. The molecule has 0 fully saturated rings. The van der Waals surface area contributed by atoms with Gasteiger partial charge in [-0.15, -0.1) is 11.3 Å². The van der Waals surface area contributed by atoms with Gasteiger partial charge in [0.1, 0.15) is 5.00 Å². The number of carbonyl (C=O) groups is 4. The van der Waals surface area contributed by atoms with Crippen molar-refractivity contribution in [2.75, 3.05) is 11.9 Å². The first kappa shape index (κ1) is 27.8. The van der Waals surface area contributed by atoms with E-state index in [1.807, 2.05) is 0 Å². The van der Waals surface area contributed by atoms with E-state index < -0.39 is 52.7 Å². The molecule has 0 spiro atoms. The van der Waals surface area contributed by atoms with E-state index in [0.29, 0.717) is 11.3 Å². The lowest BCUT2D eigenvalue weighted by atomic mass is 10.0. The molecule has 2 heterocycles. The summed E-state index contributed by atoms with van der Waals surface area (Å²) in [5, 5.41) is 1.91. The Kier molecular flexibility index (Phi) is 7.25. The molecule has 0 aliphatic carbocycles. The van der Waals surface area contributed by atoms with Gasteiger partial charge in [-0.05, 0) is 43.3 Å². The fraction of sp³-hybridized carbons (Fsp3) is 0.200. The number of fused-ring (bicyclic) bond motifs is 1. The molecule has 4 rings (SSSR count). The first-order chi connectivity index (χ1) is 18.2. The van der Waals surface area contributed by atoms with Gasteiger partial charge in [0, 0.05) is 10.4 Å². The lowest BCUT2D eigenvalue weighted by Gasteiger charge is -2.14. The van der Waals surface area contributed by atoms with Crippen LogP contribution >= 0.6 is 11.3 Å². The molecule has 1 aliphatic heterocycles. The Bertz CT molecular complexity index is 1430. The topological polar surface area (TPSA) is 92.8 Å². The molecule has 0 unspecified atom stereocenters. The molecule has 1 aliphatic rings. The highest BCUT2D eigenvalue weighted by Gasteiger charge is 2.38. The van der Waals surface area contributed by atoms with Gasteiger partial charge in [0.15, 0.2) is 0 Å². The number of thiophene rings is 1. The van der Waals surface area contributed by atoms with Crippen molar-refractivity contribution in [3.8, 4) is 0 Å². The van der Waals surface area contributed by atoms with E-state index in [1.54, 1.807) is 12.1 Å². The molecule has 7 nitrogen and oxygen atoms in total. The van der Waals surface area contributed by atoms with E-state index in [9.17, 15) is 45.5 Å². The highest BCUT2D eigenvalue weighted by molar-refractivity contribution is 7.16. The summed E-state index contributed by atoms with van der Waals surface area (Å²) in [7, 11) is 0. The summed E-state index contributed by atoms with van der Waals surface area (Å²) in [6.07, 6.45) is -10.3. The number of hydrogen-bond donors (Lipinski definition) is 1. The molecular weight excluding hydrogens is 554 g/mol. The molecule has 14 heteroatoms. The van der Waals surface area contributed by atoms with Gasteiger partial charge >= 0.3 is 18.3 Å².